The number of likely N-dealkylation sites (N-methyl/N-ethyl adjacent to an activating group) is 1. The van der Waals surface area contributed by atoms with E-state index in [9.17, 15) is 9.90 Å². The average molecular weight is 418 g/mol. The van der Waals surface area contributed by atoms with Crippen LogP contribution < -0.4 is 10.2 Å². The number of hydrogen-bond acceptors (Lipinski definition) is 7. The molecule has 30 heavy (non-hydrogen) atoms. The van der Waals surface area contributed by atoms with Crippen LogP contribution in [0, 0.1) is 0 Å². The van der Waals surface area contributed by atoms with E-state index >= 15 is 0 Å². The van der Waals surface area contributed by atoms with Gasteiger partial charge in [-0.05, 0) is 25.6 Å². The van der Waals surface area contributed by atoms with Crippen LogP contribution in [0.25, 0.3) is 0 Å². The van der Waals surface area contributed by atoms with Crippen molar-refractivity contribution in [2.75, 3.05) is 95.9 Å². The van der Waals surface area contributed by atoms with E-state index in [1.165, 1.54) is 0 Å². The third-order valence-electron chi connectivity index (χ3n) is 6.42. The molecule has 3 aliphatic heterocycles. The lowest BCUT2D eigenvalue weighted by atomic mass is 10.0. The van der Waals surface area contributed by atoms with Gasteiger partial charge >= 0.3 is 0 Å². The second kappa shape index (κ2) is 9.62. The summed E-state index contributed by atoms with van der Waals surface area (Å²) in [6.07, 6.45) is 0.719. The summed E-state index contributed by atoms with van der Waals surface area (Å²) in [6, 6.07) is 7.95. The Hall–Kier alpha value is -1.71. The van der Waals surface area contributed by atoms with Gasteiger partial charge in [-0.2, -0.15) is 0 Å². The third kappa shape index (κ3) is 5.50. The maximum Gasteiger partial charge on any atom is 0.238 e. The zero-order valence-corrected chi connectivity index (χ0v) is 18.1. The number of β-amino-alcohol motifs (C(OH)–C–C–N with tert-alkyl or cyclic N) is 1. The third-order valence-corrected chi connectivity index (χ3v) is 6.42. The van der Waals surface area contributed by atoms with Crippen LogP contribution in [0.2, 0.25) is 0 Å². The Morgan fingerprint density at radius 1 is 1.07 bits per heavy atom. The predicted octanol–water partition coefficient (Wildman–Crippen LogP) is 0.146. The highest BCUT2D eigenvalue weighted by atomic mass is 16.5. The fourth-order valence-electron chi connectivity index (χ4n) is 4.68. The molecule has 1 amide bonds. The van der Waals surface area contributed by atoms with E-state index in [1.54, 1.807) is 0 Å². The van der Waals surface area contributed by atoms with Crippen LogP contribution in [-0.2, 0) is 9.53 Å². The first kappa shape index (κ1) is 21.5. The fraction of sp³-hybridized carbons (Fsp3) is 0.682. The van der Waals surface area contributed by atoms with Crippen molar-refractivity contribution < 1.29 is 14.6 Å². The number of carbonyl (C=O) groups excluding carboxylic acids is 1. The van der Waals surface area contributed by atoms with Gasteiger partial charge in [0.25, 0.3) is 0 Å². The molecule has 8 nitrogen and oxygen atoms in total. The summed E-state index contributed by atoms with van der Waals surface area (Å²) >= 11 is 0. The molecular formula is C22H35N5O3. The number of likely N-dealkylation sites (tertiary alicyclic amines) is 1. The fourth-order valence-corrected chi connectivity index (χ4v) is 4.68. The van der Waals surface area contributed by atoms with E-state index in [0.29, 0.717) is 32.8 Å². The number of ether oxygens (including phenoxy) is 1. The molecule has 0 spiro atoms. The van der Waals surface area contributed by atoms with Gasteiger partial charge in [-0.25, -0.2) is 0 Å². The molecule has 0 aromatic heterocycles. The van der Waals surface area contributed by atoms with Gasteiger partial charge in [-0.1, -0.05) is 12.1 Å². The lowest BCUT2D eigenvalue weighted by Gasteiger charge is -2.36. The van der Waals surface area contributed by atoms with Crippen molar-refractivity contribution in [1.29, 1.82) is 0 Å². The van der Waals surface area contributed by atoms with Gasteiger partial charge < -0.3 is 25.0 Å². The van der Waals surface area contributed by atoms with Crippen LogP contribution in [0.5, 0.6) is 0 Å². The van der Waals surface area contributed by atoms with Gasteiger partial charge in [0, 0.05) is 58.9 Å². The first-order chi connectivity index (χ1) is 14.5. The molecule has 3 fully saturated rings. The highest BCUT2D eigenvalue weighted by molar-refractivity contribution is 5.95. The number of rotatable bonds is 6. The number of nitrogens with one attached hydrogen (secondary N) is 1. The zero-order chi connectivity index (χ0) is 21.0. The van der Waals surface area contributed by atoms with E-state index < -0.39 is 5.60 Å². The average Bonchev–Trinajstić information content (AvgIpc) is 3.11. The normalized spacial score (nSPS) is 26.8. The molecule has 1 aromatic rings. The Bertz CT molecular complexity index is 718. The van der Waals surface area contributed by atoms with Gasteiger partial charge in [0.2, 0.25) is 5.91 Å². The van der Waals surface area contributed by atoms with Gasteiger partial charge in [-0.15, -0.1) is 0 Å². The minimum atomic E-state index is -0.720. The molecule has 1 unspecified atom stereocenters. The molecule has 0 bridgehead atoms. The van der Waals surface area contributed by atoms with Crippen LogP contribution in [0.15, 0.2) is 24.3 Å². The molecule has 0 aliphatic carbocycles. The molecule has 1 atom stereocenters. The number of hydrogen-bond donors (Lipinski definition) is 2. The van der Waals surface area contributed by atoms with Crippen molar-refractivity contribution in [1.82, 2.24) is 14.7 Å². The van der Waals surface area contributed by atoms with Crippen molar-refractivity contribution in [3.63, 3.8) is 0 Å². The predicted molar refractivity (Wildman–Crippen MR) is 118 cm³/mol. The number of carbonyl (C=O) groups is 1. The van der Waals surface area contributed by atoms with E-state index in [2.05, 4.69) is 32.0 Å². The molecule has 3 heterocycles. The lowest BCUT2D eigenvalue weighted by molar-refractivity contribution is -0.117. The minimum Gasteiger partial charge on any atom is -0.387 e. The maximum absolute atomic E-state index is 12.7. The Morgan fingerprint density at radius 3 is 2.57 bits per heavy atom. The van der Waals surface area contributed by atoms with Gasteiger partial charge in [0.1, 0.15) is 0 Å². The Labute approximate surface area is 179 Å². The number of amides is 1. The summed E-state index contributed by atoms with van der Waals surface area (Å²) < 4.78 is 5.44. The molecule has 0 saturated carbocycles. The topological polar surface area (TPSA) is 71.5 Å². The summed E-state index contributed by atoms with van der Waals surface area (Å²) in [6.45, 7) is 9.48. The highest BCUT2D eigenvalue weighted by Crippen LogP contribution is 2.27. The molecule has 1 aromatic carbocycles. The number of benzene rings is 1. The summed E-state index contributed by atoms with van der Waals surface area (Å²) in [5.74, 6) is -0.0282. The summed E-state index contributed by atoms with van der Waals surface area (Å²) in [5.41, 5.74) is 1.17. The molecule has 2 N–H and O–H groups in total. The molecule has 166 valence electrons. The maximum atomic E-state index is 12.7. The van der Waals surface area contributed by atoms with E-state index in [1.807, 2.05) is 24.3 Å². The number of aliphatic hydroxyl groups is 1. The largest absolute Gasteiger partial charge is 0.387 e. The minimum absolute atomic E-state index is 0.0282. The van der Waals surface area contributed by atoms with Crippen molar-refractivity contribution in [2.24, 2.45) is 0 Å². The second-order valence-corrected chi connectivity index (χ2v) is 8.93. The van der Waals surface area contributed by atoms with Crippen LogP contribution in [-0.4, -0.2) is 117 Å². The molecule has 4 rings (SSSR count). The molecule has 0 radical (unpaired) electrons. The number of nitrogens with zero attached hydrogens (tertiary/aromatic N) is 4. The van der Waals surface area contributed by atoms with Crippen LogP contribution in [0.3, 0.4) is 0 Å². The number of morpholine rings is 1. The smallest absolute Gasteiger partial charge is 0.238 e. The zero-order valence-electron chi connectivity index (χ0n) is 18.1. The molecular weight excluding hydrogens is 382 g/mol. The summed E-state index contributed by atoms with van der Waals surface area (Å²) in [4.78, 5) is 21.7. The second-order valence-electron chi connectivity index (χ2n) is 8.93. The Kier molecular flexibility index (Phi) is 6.90. The number of piperazine rings is 1. The quantitative estimate of drug-likeness (QED) is 0.683. The Balaban J connectivity index is 1.29. The highest BCUT2D eigenvalue weighted by Gasteiger charge is 2.38. The van der Waals surface area contributed by atoms with Crippen LogP contribution >= 0.6 is 0 Å². The summed E-state index contributed by atoms with van der Waals surface area (Å²) in [7, 11) is 2.14. The molecule has 8 heteroatoms. The van der Waals surface area contributed by atoms with Crippen LogP contribution in [0.1, 0.15) is 6.42 Å². The Morgan fingerprint density at radius 2 is 1.80 bits per heavy atom. The first-order valence-corrected chi connectivity index (χ1v) is 11.1. The van der Waals surface area contributed by atoms with Gasteiger partial charge in [0.15, 0.2) is 0 Å². The van der Waals surface area contributed by atoms with E-state index in [4.69, 9.17) is 4.74 Å². The number of anilines is 2. The van der Waals surface area contributed by atoms with Crippen molar-refractivity contribution >= 4 is 17.3 Å². The van der Waals surface area contributed by atoms with Gasteiger partial charge in [-0.3, -0.25) is 14.6 Å². The summed E-state index contributed by atoms with van der Waals surface area (Å²) in [5, 5.41) is 14.1. The standard InChI is InChI=1S/C22H35N5O3/c1-24-8-10-25(11-9-24)17-22(29)6-7-26(18-22)16-21(28)23-19-4-2-3-5-20(19)27-12-14-30-15-13-27/h2-5,29H,6-18H2,1H3,(H,23,28). The van der Waals surface area contributed by atoms with Crippen molar-refractivity contribution in [3.05, 3.63) is 24.3 Å². The van der Waals surface area contributed by atoms with Crippen LogP contribution in [0.4, 0.5) is 11.4 Å². The van der Waals surface area contributed by atoms with E-state index in [-0.39, 0.29) is 5.91 Å². The number of para-hydroxylation sites is 2. The molecule has 3 aliphatic rings. The lowest BCUT2D eigenvalue weighted by Crippen LogP contribution is -2.52. The van der Waals surface area contributed by atoms with Crippen molar-refractivity contribution in [3.8, 4) is 0 Å². The van der Waals surface area contributed by atoms with Crippen molar-refractivity contribution in [2.45, 2.75) is 12.0 Å². The van der Waals surface area contributed by atoms with Gasteiger partial charge in [0.05, 0.1) is 36.7 Å². The molecule has 3 saturated heterocycles. The van der Waals surface area contributed by atoms with E-state index in [0.717, 1.165) is 63.6 Å². The first-order valence-electron chi connectivity index (χ1n) is 11.1. The monoisotopic (exact) mass is 417 g/mol. The SMILES string of the molecule is CN1CCN(CC2(O)CCN(CC(=O)Nc3ccccc3N3CCOCC3)C2)CC1.